The van der Waals surface area contributed by atoms with E-state index in [9.17, 15) is 14.7 Å². The summed E-state index contributed by atoms with van der Waals surface area (Å²) in [6.07, 6.45) is 0.316. The summed E-state index contributed by atoms with van der Waals surface area (Å²) in [4.78, 5) is 28.0. The van der Waals surface area contributed by atoms with Crippen molar-refractivity contribution in [3.8, 4) is 5.75 Å². The number of fused-ring (bicyclic) bond motifs is 1. The Bertz CT molecular complexity index is 1130. The Labute approximate surface area is 195 Å². The highest BCUT2D eigenvalue weighted by Crippen LogP contribution is 2.44. The van der Waals surface area contributed by atoms with Gasteiger partial charge in [0.15, 0.2) is 11.4 Å². The van der Waals surface area contributed by atoms with Crippen molar-refractivity contribution >= 4 is 33.3 Å². The van der Waals surface area contributed by atoms with E-state index in [4.69, 9.17) is 4.74 Å². The number of carbonyl (C=O) groups is 2. The summed E-state index contributed by atoms with van der Waals surface area (Å²) in [5.41, 5.74) is 0.694. The molecule has 0 fully saturated rings. The molecule has 1 aliphatic heterocycles. The number of ketones is 1. The van der Waals surface area contributed by atoms with Crippen LogP contribution in [0.5, 0.6) is 5.75 Å². The van der Waals surface area contributed by atoms with Gasteiger partial charge in [-0.05, 0) is 61.4 Å². The highest BCUT2D eigenvalue weighted by atomic mass is 79.9. The molecule has 1 heterocycles. The first-order valence-corrected chi connectivity index (χ1v) is 11.4. The summed E-state index contributed by atoms with van der Waals surface area (Å²) in [5.74, 6) is -0.110. The van der Waals surface area contributed by atoms with Crippen molar-refractivity contribution in [1.29, 1.82) is 0 Å². The third-order valence-corrected chi connectivity index (χ3v) is 6.16. The molecule has 0 aromatic heterocycles. The van der Waals surface area contributed by atoms with E-state index < -0.39 is 11.5 Å². The van der Waals surface area contributed by atoms with Gasteiger partial charge in [-0.15, -0.1) is 0 Å². The maximum atomic E-state index is 13.4. The van der Waals surface area contributed by atoms with Gasteiger partial charge in [-0.25, -0.2) is 0 Å². The number of benzene rings is 3. The van der Waals surface area contributed by atoms with Crippen molar-refractivity contribution in [3.05, 3.63) is 94.0 Å². The van der Waals surface area contributed by atoms with Gasteiger partial charge in [0.25, 0.3) is 5.91 Å². The Kier molecular flexibility index (Phi) is 6.44. The van der Waals surface area contributed by atoms with Crippen LogP contribution in [0.25, 0.3) is 0 Å². The van der Waals surface area contributed by atoms with E-state index in [0.717, 1.165) is 10.0 Å². The van der Waals surface area contributed by atoms with Gasteiger partial charge in [0, 0.05) is 22.1 Å². The van der Waals surface area contributed by atoms with Crippen LogP contribution in [0.2, 0.25) is 0 Å². The summed E-state index contributed by atoms with van der Waals surface area (Å²) in [5, 5.41) is 11.5. The highest BCUT2D eigenvalue weighted by Gasteiger charge is 2.50. The lowest BCUT2D eigenvalue weighted by molar-refractivity contribution is -0.135. The molecule has 0 bridgehead atoms. The topological polar surface area (TPSA) is 66.8 Å². The molecule has 4 rings (SSSR count). The lowest BCUT2D eigenvalue weighted by Gasteiger charge is -2.23. The van der Waals surface area contributed by atoms with E-state index in [2.05, 4.69) is 15.9 Å². The second-order valence-corrected chi connectivity index (χ2v) is 8.69. The smallest absolute Gasteiger partial charge is 0.264 e. The number of rotatable bonds is 8. The lowest BCUT2D eigenvalue weighted by Crippen LogP contribution is -2.42. The monoisotopic (exact) mass is 493 g/mol. The van der Waals surface area contributed by atoms with E-state index in [1.165, 1.54) is 0 Å². The van der Waals surface area contributed by atoms with Gasteiger partial charge in [-0.3, -0.25) is 9.59 Å². The third-order valence-electron chi connectivity index (χ3n) is 5.66. The molecule has 5 nitrogen and oxygen atoms in total. The van der Waals surface area contributed by atoms with E-state index >= 15 is 0 Å². The minimum atomic E-state index is -1.91. The molecule has 1 unspecified atom stereocenters. The zero-order valence-electron chi connectivity index (χ0n) is 17.8. The average Bonchev–Trinajstić information content (AvgIpc) is 3.00. The predicted molar refractivity (Wildman–Crippen MR) is 127 cm³/mol. The Morgan fingerprint density at radius 1 is 1.06 bits per heavy atom. The molecule has 1 atom stereocenters. The van der Waals surface area contributed by atoms with Gasteiger partial charge in [-0.2, -0.15) is 0 Å². The van der Waals surface area contributed by atoms with Gasteiger partial charge < -0.3 is 14.7 Å². The van der Waals surface area contributed by atoms with Crippen molar-refractivity contribution < 1.29 is 19.4 Å². The third kappa shape index (κ3) is 4.33. The summed E-state index contributed by atoms with van der Waals surface area (Å²) in [6.45, 7) is 2.84. The quantitative estimate of drug-likeness (QED) is 0.453. The summed E-state index contributed by atoms with van der Waals surface area (Å²) in [6, 6.07) is 22.0. The van der Waals surface area contributed by atoms with Gasteiger partial charge >= 0.3 is 0 Å². The average molecular weight is 494 g/mol. The number of nitrogens with zero attached hydrogens (tertiary/aromatic N) is 1. The zero-order chi connectivity index (χ0) is 22.7. The minimum Gasteiger partial charge on any atom is -0.494 e. The standard InChI is InChI=1S/C26H24BrNO4/c1-2-32-21-11-8-19(9-12-21)24(29)17-26(31)22-16-20(27)10-13-23(22)28(25(26)30)15-14-18-6-4-3-5-7-18/h3-13,16,31H,2,14-15,17H2,1H3. The van der Waals surface area contributed by atoms with Crippen molar-refractivity contribution in [2.24, 2.45) is 0 Å². The van der Waals surface area contributed by atoms with E-state index in [0.29, 0.717) is 42.1 Å². The number of hydrogen-bond donors (Lipinski definition) is 1. The second kappa shape index (κ2) is 9.27. The first kappa shape index (κ1) is 22.2. The van der Waals surface area contributed by atoms with E-state index in [1.54, 1.807) is 35.2 Å². The Hall–Kier alpha value is -2.96. The summed E-state index contributed by atoms with van der Waals surface area (Å²) < 4.78 is 6.16. The van der Waals surface area contributed by atoms with Crippen LogP contribution in [-0.2, 0) is 16.8 Å². The SMILES string of the molecule is CCOc1ccc(C(=O)CC2(O)C(=O)N(CCc3ccccc3)c3ccc(Br)cc32)cc1. The molecule has 1 amide bonds. The maximum absolute atomic E-state index is 13.4. The molecule has 3 aromatic carbocycles. The second-order valence-electron chi connectivity index (χ2n) is 7.77. The Balaban J connectivity index is 1.60. The number of anilines is 1. The molecule has 164 valence electrons. The molecule has 3 aromatic rings. The predicted octanol–water partition coefficient (Wildman–Crippen LogP) is 4.90. The molecule has 0 saturated carbocycles. The zero-order valence-corrected chi connectivity index (χ0v) is 19.3. The van der Waals surface area contributed by atoms with Gasteiger partial charge in [0.1, 0.15) is 5.75 Å². The fraction of sp³-hybridized carbons (Fsp3) is 0.231. The van der Waals surface area contributed by atoms with Gasteiger partial charge in [-0.1, -0.05) is 46.3 Å². The van der Waals surface area contributed by atoms with Crippen LogP contribution in [0.4, 0.5) is 5.69 Å². The van der Waals surface area contributed by atoms with Crippen molar-refractivity contribution in [2.75, 3.05) is 18.1 Å². The van der Waals surface area contributed by atoms with Crippen LogP contribution in [0.1, 0.15) is 34.8 Å². The number of carbonyl (C=O) groups excluding carboxylic acids is 2. The highest BCUT2D eigenvalue weighted by molar-refractivity contribution is 9.10. The van der Waals surface area contributed by atoms with Crippen molar-refractivity contribution in [3.63, 3.8) is 0 Å². The van der Waals surface area contributed by atoms with Crippen LogP contribution in [0.3, 0.4) is 0 Å². The van der Waals surface area contributed by atoms with Crippen LogP contribution >= 0.6 is 15.9 Å². The van der Waals surface area contributed by atoms with Crippen molar-refractivity contribution in [1.82, 2.24) is 0 Å². The minimum absolute atomic E-state index is 0.306. The number of aliphatic hydroxyl groups is 1. The molecular weight excluding hydrogens is 470 g/mol. The lowest BCUT2D eigenvalue weighted by atomic mass is 9.88. The summed E-state index contributed by atoms with van der Waals surface area (Å²) >= 11 is 3.43. The molecule has 1 N–H and O–H groups in total. The first-order valence-electron chi connectivity index (χ1n) is 10.6. The van der Waals surface area contributed by atoms with E-state index in [-0.39, 0.29) is 12.2 Å². The molecule has 32 heavy (non-hydrogen) atoms. The van der Waals surface area contributed by atoms with Crippen LogP contribution in [-0.4, -0.2) is 29.9 Å². The Morgan fingerprint density at radius 3 is 2.47 bits per heavy atom. The molecule has 6 heteroatoms. The number of amides is 1. The molecular formula is C26H24BrNO4. The molecule has 1 aliphatic rings. The van der Waals surface area contributed by atoms with Crippen LogP contribution in [0, 0.1) is 0 Å². The number of Topliss-reactive ketones (excluding diaryl/α,β-unsaturated/α-hetero) is 1. The molecule has 0 saturated heterocycles. The molecule has 0 aliphatic carbocycles. The molecule has 0 radical (unpaired) electrons. The number of halogens is 1. The largest absolute Gasteiger partial charge is 0.494 e. The number of ether oxygens (including phenoxy) is 1. The fourth-order valence-corrected chi connectivity index (χ4v) is 4.40. The normalized spacial score (nSPS) is 17.3. The van der Waals surface area contributed by atoms with Crippen LogP contribution in [0.15, 0.2) is 77.3 Å². The maximum Gasteiger partial charge on any atom is 0.264 e. The first-order chi connectivity index (χ1) is 15.4. The van der Waals surface area contributed by atoms with Crippen molar-refractivity contribution in [2.45, 2.75) is 25.4 Å². The van der Waals surface area contributed by atoms with Crippen LogP contribution < -0.4 is 9.64 Å². The molecule has 0 spiro atoms. The van der Waals surface area contributed by atoms with E-state index in [1.807, 2.05) is 49.4 Å². The van der Waals surface area contributed by atoms with Gasteiger partial charge in [0.2, 0.25) is 0 Å². The number of hydrogen-bond acceptors (Lipinski definition) is 4. The summed E-state index contributed by atoms with van der Waals surface area (Å²) in [7, 11) is 0. The Morgan fingerprint density at radius 2 is 1.78 bits per heavy atom. The van der Waals surface area contributed by atoms with Gasteiger partial charge in [0.05, 0.1) is 18.7 Å². The fourth-order valence-electron chi connectivity index (χ4n) is 4.04.